The maximum absolute atomic E-state index is 10.6. The molecule has 0 amide bonds. The van der Waals surface area contributed by atoms with E-state index in [1.807, 2.05) is 6.92 Å². The molecule has 0 aliphatic rings. The number of carbonyl (C=O) groups excluding carboxylic acids is 1. The van der Waals surface area contributed by atoms with Crippen molar-refractivity contribution in [3.8, 4) is 0 Å². The highest BCUT2D eigenvalue weighted by molar-refractivity contribution is 7.15. The molecule has 0 spiro atoms. The second kappa shape index (κ2) is 2.68. The molecule has 2 nitrogen and oxygen atoms in total. The fraction of sp³-hybridized carbons (Fsp3) is 0.333. The molecule has 54 valence electrons. The third kappa shape index (κ3) is 1.36. The molecule has 0 radical (unpaired) electrons. The average molecular weight is 176 g/mol. The molecule has 10 heavy (non-hydrogen) atoms. The summed E-state index contributed by atoms with van der Waals surface area (Å²) in [6.45, 7) is 3.63. The van der Waals surface area contributed by atoms with Gasteiger partial charge in [0.1, 0.15) is 4.88 Å². The van der Waals surface area contributed by atoms with Gasteiger partial charge in [-0.2, -0.15) is 0 Å². The summed E-state index contributed by atoms with van der Waals surface area (Å²) < 4.78 is 0. The van der Waals surface area contributed by atoms with Crippen molar-refractivity contribution in [1.82, 2.24) is 4.98 Å². The molecule has 0 fully saturated rings. The van der Waals surface area contributed by atoms with Crippen molar-refractivity contribution in [1.29, 1.82) is 0 Å². The van der Waals surface area contributed by atoms with Crippen LogP contribution < -0.4 is 0 Å². The van der Waals surface area contributed by atoms with Crippen LogP contribution in [0, 0.1) is 13.8 Å². The lowest BCUT2D eigenvalue weighted by molar-refractivity contribution is 0.108. The molecule has 1 heterocycles. The Morgan fingerprint density at radius 1 is 1.60 bits per heavy atom. The molecule has 4 heteroatoms. The first-order valence-corrected chi connectivity index (χ1v) is 3.94. The van der Waals surface area contributed by atoms with Gasteiger partial charge in [-0.15, -0.1) is 11.3 Å². The van der Waals surface area contributed by atoms with Crippen molar-refractivity contribution >= 4 is 28.2 Å². The summed E-state index contributed by atoms with van der Waals surface area (Å²) in [7, 11) is 0. The maximum Gasteiger partial charge on any atom is 0.264 e. The smallest absolute Gasteiger partial charge is 0.264 e. The van der Waals surface area contributed by atoms with E-state index in [-0.39, 0.29) is 0 Å². The van der Waals surface area contributed by atoms with Crippen LogP contribution in [-0.2, 0) is 0 Å². The molecule has 0 unspecified atom stereocenters. The fourth-order valence-corrected chi connectivity index (χ4v) is 1.72. The minimum absolute atomic E-state index is 0.414. The zero-order chi connectivity index (χ0) is 7.72. The second-order valence-corrected chi connectivity index (χ2v) is 3.47. The first-order valence-electron chi connectivity index (χ1n) is 2.75. The molecule has 0 N–H and O–H groups in total. The number of hydrogen-bond acceptors (Lipinski definition) is 3. The largest absolute Gasteiger partial charge is 0.275 e. The number of aromatic nitrogens is 1. The zero-order valence-corrected chi connectivity index (χ0v) is 7.21. The molecule has 1 rings (SSSR count). The predicted octanol–water partition coefficient (Wildman–Crippen LogP) is 2.14. The predicted molar refractivity (Wildman–Crippen MR) is 41.8 cm³/mol. The minimum atomic E-state index is -0.414. The molecule has 0 atom stereocenters. The lowest BCUT2D eigenvalue weighted by Gasteiger charge is -1.83. The van der Waals surface area contributed by atoms with E-state index in [1.165, 1.54) is 11.3 Å². The summed E-state index contributed by atoms with van der Waals surface area (Å²) in [6, 6.07) is 0. The summed E-state index contributed by atoms with van der Waals surface area (Å²) in [5.74, 6) is 0. The third-order valence-corrected chi connectivity index (χ3v) is 2.45. The van der Waals surface area contributed by atoms with Gasteiger partial charge in [0, 0.05) is 0 Å². The number of halogens is 1. The average Bonchev–Trinajstić information content (AvgIpc) is 2.10. The number of carbonyl (C=O) groups is 1. The highest BCUT2D eigenvalue weighted by atomic mass is 35.5. The summed E-state index contributed by atoms with van der Waals surface area (Å²) in [5, 5.41) is 0.463. The second-order valence-electron chi connectivity index (χ2n) is 1.92. The van der Waals surface area contributed by atoms with Crippen molar-refractivity contribution in [2.75, 3.05) is 0 Å². The van der Waals surface area contributed by atoms with Gasteiger partial charge < -0.3 is 0 Å². The maximum atomic E-state index is 10.6. The topological polar surface area (TPSA) is 30.0 Å². The standard InChI is InChI=1S/C6H6ClNOS/c1-3-5(6(7)9)10-4(2)8-3/h1-2H3. The Bertz CT molecular complexity index is 269. The first-order chi connectivity index (χ1) is 4.61. The van der Waals surface area contributed by atoms with Gasteiger partial charge in [-0.1, -0.05) is 0 Å². The highest BCUT2D eigenvalue weighted by Gasteiger charge is 2.09. The van der Waals surface area contributed by atoms with E-state index in [0.29, 0.717) is 4.88 Å². The van der Waals surface area contributed by atoms with Crippen LogP contribution in [0.2, 0.25) is 0 Å². The zero-order valence-electron chi connectivity index (χ0n) is 5.64. The molecule has 0 saturated heterocycles. The normalized spacial score (nSPS) is 9.90. The highest BCUT2D eigenvalue weighted by Crippen LogP contribution is 2.18. The van der Waals surface area contributed by atoms with Gasteiger partial charge in [0.2, 0.25) is 0 Å². The Morgan fingerprint density at radius 3 is 2.40 bits per heavy atom. The van der Waals surface area contributed by atoms with Gasteiger partial charge in [-0.25, -0.2) is 4.98 Å². The number of rotatable bonds is 1. The van der Waals surface area contributed by atoms with Crippen LogP contribution in [0.3, 0.4) is 0 Å². The number of nitrogens with zero attached hydrogens (tertiary/aromatic N) is 1. The molecule has 1 aromatic heterocycles. The van der Waals surface area contributed by atoms with Crippen molar-refractivity contribution < 1.29 is 4.79 Å². The van der Waals surface area contributed by atoms with Crippen LogP contribution in [0.15, 0.2) is 0 Å². The van der Waals surface area contributed by atoms with E-state index in [1.54, 1.807) is 6.92 Å². The Morgan fingerprint density at radius 2 is 2.20 bits per heavy atom. The van der Waals surface area contributed by atoms with E-state index in [0.717, 1.165) is 10.7 Å². The van der Waals surface area contributed by atoms with Crippen LogP contribution in [0.1, 0.15) is 20.4 Å². The Balaban J connectivity index is 3.15. The van der Waals surface area contributed by atoms with Crippen molar-refractivity contribution in [3.05, 3.63) is 15.6 Å². The molecular formula is C6H6ClNOS. The van der Waals surface area contributed by atoms with Gasteiger partial charge in [0.15, 0.2) is 0 Å². The molecular weight excluding hydrogens is 170 g/mol. The SMILES string of the molecule is Cc1nc(C)c(C(=O)Cl)s1. The Kier molecular flexibility index (Phi) is 2.06. The van der Waals surface area contributed by atoms with Gasteiger partial charge in [0.25, 0.3) is 5.24 Å². The van der Waals surface area contributed by atoms with Crippen molar-refractivity contribution in [2.45, 2.75) is 13.8 Å². The van der Waals surface area contributed by atoms with E-state index >= 15 is 0 Å². The summed E-state index contributed by atoms with van der Waals surface area (Å²) in [6.07, 6.45) is 0. The number of thiazole rings is 1. The number of hydrogen-bond donors (Lipinski definition) is 0. The minimum Gasteiger partial charge on any atom is -0.275 e. The van der Waals surface area contributed by atoms with Crippen molar-refractivity contribution in [2.24, 2.45) is 0 Å². The van der Waals surface area contributed by atoms with Crippen LogP contribution >= 0.6 is 22.9 Å². The van der Waals surface area contributed by atoms with Gasteiger partial charge in [0.05, 0.1) is 10.7 Å². The van der Waals surface area contributed by atoms with E-state index in [2.05, 4.69) is 4.98 Å². The molecule has 0 aromatic carbocycles. The van der Waals surface area contributed by atoms with Crippen molar-refractivity contribution in [3.63, 3.8) is 0 Å². The van der Waals surface area contributed by atoms with E-state index in [4.69, 9.17) is 11.6 Å². The monoisotopic (exact) mass is 175 g/mol. The molecule has 0 aliphatic carbocycles. The van der Waals surface area contributed by atoms with Crippen LogP contribution in [0.5, 0.6) is 0 Å². The molecule has 0 aliphatic heterocycles. The summed E-state index contributed by atoms with van der Waals surface area (Å²) >= 11 is 6.58. The first kappa shape index (κ1) is 7.69. The number of aryl methyl sites for hydroxylation is 2. The summed E-state index contributed by atoms with van der Waals surface area (Å²) in [5.41, 5.74) is 0.725. The summed E-state index contributed by atoms with van der Waals surface area (Å²) in [4.78, 5) is 15.2. The molecule has 0 saturated carbocycles. The van der Waals surface area contributed by atoms with Crippen LogP contribution in [-0.4, -0.2) is 10.2 Å². The van der Waals surface area contributed by atoms with Gasteiger partial charge in [-0.3, -0.25) is 4.79 Å². The van der Waals surface area contributed by atoms with E-state index < -0.39 is 5.24 Å². The Labute approximate surface area is 67.9 Å². The van der Waals surface area contributed by atoms with Gasteiger partial charge in [-0.05, 0) is 25.4 Å². The lowest BCUT2D eigenvalue weighted by atomic mass is 10.4. The lowest BCUT2D eigenvalue weighted by Crippen LogP contribution is -1.85. The quantitative estimate of drug-likeness (QED) is 0.613. The van der Waals surface area contributed by atoms with Gasteiger partial charge >= 0.3 is 0 Å². The fourth-order valence-electron chi connectivity index (χ4n) is 0.714. The Hall–Kier alpha value is -0.410. The van der Waals surface area contributed by atoms with E-state index in [9.17, 15) is 4.79 Å². The van der Waals surface area contributed by atoms with Crippen LogP contribution in [0.4, 0.5) is 0 Å². The van der Waals surface area contributed by atoms with Crippen LogP contribution in [0.25, 0.3) is 0 Å². The molecule has 0 bridgehead atoms. The third-order valence-electron chi connectivity index (χ3n) is 1.08. The molecule has 1 aromatic rings.